The van der Waals surface area contributed by atoms with Crippen molar-refractivity contribution in [2.45, 2.75) is 6.42 Å². The summed E-state index contributed by atoms with van der Waals surface area (Å²) < 4.78 is 23.6. The molecule has 1 aromatic heterocycles. The van der Waals surface area contributed by atoms with Gasteiger partial charge in [0.15, 0.2) is 11.5 Å². The second-order valence-corrected chi connectivity index (χ2v) is 4.88. The molecule has 118 valence electrons. The molecule has 1 aromatic rings. The smallest absolute Gasteiger partial charge is 0.231 e. The first-order valence-corrected chi connectivity index (χ1v) is 7.16. The number of ether oxygens (including phenoxy) is 2. The van der Waals surface area contributed by atoms with Crippen LogP contribution in [0, 0.1) is 0 Å². The molecule has 0 fully saturated rings. The first-order valence-electron chi connectivity index (χ1n) is 7.16. The number of aromatic nitrogens is 2. The summed E-state index contributed by atoms with van der Waals surface area (Å²) in [5.41, 5.74) is 2.70. The van der Waals surface area contributed by atoms with E-state index in [0.717, 1.165) is 34.9 Å². The van der Waals surface area contributed by atoms with Gasteiger partial charge in [-0.05, 0) is 42.4 Å². The number of aromatic amines is 1. The van der Waals surface area contributed by atoms with Crippen LogP contribution in [0.5, 0.6) is 0 Å². The van der Waals surface area contributed by atoms with Gasteiger partial charge in [-0.2, -0.15) is 9.49 Å². The first kappa shape index (κ1) is 15.0. The molecule has 23 heavy (non-hydrogen) atoms. The third kappa shape index (κ3) is 3.66. The SMILES string of the molecule is CN=C(F)/C=C\C=C\c1cc(C2=CC3=C(C=CC2)OCO3)n[nH]1. The molecular formula is C17H16FN3O2. The molecule has 0 atom stereocenters. The Bertz CT molecular complexity index is 767. The van der Waals surface area contributed by atoms with Crippen LogP contribution in [0.4, 0.5) is 4.39 Å². The minimum absolute atomic E-state index is 0.247. The second-order valence-electron chi connectivity index (χ2n) is 4.88. The zero-order valence-corrected chi connectivity index (χ0v) is 12.6. The standard InChI is InChI=1S/C17H16FN3O2/c1-19-17(18)8-3-2-6-13-10-14(21-20-13)12-5-4-7-15-16(9-12)23-11-22-15/h2-4,6-10H,5,11H2,1H3,(H,20,21)/b6-2+,8-3-,19-17?. The van der Waals surface area contributed by atoms with Crippen molar-refractivity contribution >= 4 is 17.6 Å². The van der Waals surface area contributed by atoms with E-state index in [1.54, 1.807) is 12.2 Å². The van der Waals surface area contributed by atoms with E-state index in [2.05, 4.69) is 15.2 Å². The summed E-state index contributed by atoms with van der Waals surface area (Å²) in [4.78, 5) is 3.40. The summed E-state index contributed by atoms with van der Waals surface area (Å²) in [5, 5.41) is 7.24. The van der Waals surface area contributed by atoms with Gasteiger partial charge in [-0.25, -0.2) is 0 Å². The monoisotopic (exact) mass is 313 g/mol. The number of allylic oxidation sites excluding steroid dienone is 7. The number of hydrogen-bond donors (Lipinski definition) is 1. The van der Waals surface area contributed by atoms with Crippen molar-refractivity contribution in [3.8, 4) is 0 Å². The average Bonchev–Trinajstić information content (AvgIpc) is 3.16. The van der Waals surface area contributed by atoms with E-state index >= 15 is 0 Å². The molecule has 0 bridgehead atoms. The number of halogens is 1. The summed E-state index contributed by atoms with van der Waals surface area (Å²) in [5.74, 6) is 0.963. The molecular weight excluding hydrogens is 297 g/mol. The number of aliphatic imine (C=N–C) groups is 1. The van der Waals surface area contributed by atoms with Gasteiger partial charge < -0.3 is 9.47 Å². The van der Waals surface area contributed by atoms with Crippen LogP contribution in [0.2, 0.25) is 0 Å². The van der Waals surface area contributed by atoms with Gasteiger partial charge in [-0.15, -0.1) is 0 Å². The van der Waals surface area contributed by atoms with Crippen molar-refractivity contribution in [2.75, 3.05) is 13.8 Å². The van der Waals surface area contributed by atoms with E-state index in [1.807, 2.05) is 30.4 Å². The predicted octanol–water partition coefficient (Wildman–Crippen LogP) is 3.54. The number of hydrogen-bond acceptors (Lipinski definition) is 4. The van der Waals surface area contributed by atoms with Crippen LogP contribution in [0.15, 0.2) is 59.0 Å². The lowest BCUT2D eigenvalue weighted by molar-refractivity contribution is 0.0777. The Morgan fingerprint density at radius 2 is 2.22 bits per heavy atom. The van der Waals surface area contributed by atoms with Gasteiger partial charge in [0, 0.05) is 7.05 Å². The Morgan fingerprint density at radius 3 is 3.09 bits per heavy atom. The molecule has 0 saturated heterocycles. The van der Waals surface area contributed by atoms with Gasteiger partial charge in [0.05, 0.1) is 11.4 Å². The van der Waals surface area contributed by atoms with Gasteiger partial charge in [0.1, 0.15) is 0 Å². The fraction of sp³-hybridized carbons (Fsp3) is 0.176. The molecule has 0 amide bonds. The second kappa shape index (κ2) is 6.91. The highest BCUT2D eigenvalue weighted by Crippen LogP contribution is 2.28. The van der Waals surface area contributed by atoms with E-state index in [4.69, 9.17) is 9.47 Å². The van der Waals surface area contributed by atoms with Gasteiger partial charge in [-0.1, -0.05) is 18.2 Å². The van der Waals surface area contributed by atoms with E-state index in [9.17, 15) is 4.39 Å². The van der Waals surface area contributed by atoms with Crippen LogP contribution in [0.3, 0.4) is 0 Å². The van der Waals surface area contributed by atoms with Crippen LogP contribution in [-0.2, 0) is 9.47 Å². The molecule has 2 heterocycles. The maximum atomic E-state index is 12.8. The van der Waals surface area contributed by atoms with Gasteiger partial charge in [-0.3, -0.25) is 10.1 Å². The highest BCUT2D eigenvalue weighted by Gasteiger charge is 2.17. The van der Waals surface area contributed by atoms with Crippen LogP contribution in [0.1, 0.15) is 17.8 Å². The highest BCUT2D eigenvalue weighted by molar-refractivity contribution is 5.86. The van der Waals surface area contributed by atoms with Gasteiger partial charge in [0.2, 0.25) is 12.8 Å². The highest BCUT2D eigenvalue weighted by atomic mass is 19.1. The first-order chi connectivity index (χ1) is 11.3. The van der Waals surface area contributed by atoms with Gasteiger partial charge in [0.25, 0.3) is 0 Å². The third-order valence-electron chi connectivity index (χ3n) is 3.34. The Kier molecular flexibility index (Phi) is 4.52. The van der Waals surface area contributed by atoms with Crippen molar-refractivity contribution in [3.05, 3.63) is 65.4 Å². The Hall–Kier alpha value is -2.89. The summed E-state index contributed by atoms with van der Waals surface area (Å²) in [6.07, 6.45) is 13.0. The van der Waals surface area contributed by atoms with Crippen LogP contribution < -0.4 is 0 Å². The summed E-state index contributed by atoms with van der Waals surface area (Å²) >= 11 is 0. The number of H-pyrrole nitrogens is 1. The van der Waals surface area contributed by atoms with Crippen LogP contribution in [-0.4, -0.2) is 30.0 Å². The Balaban J connectivity index is 1.73. The minimum atomic E-state index is -0.516. The lowest BCUT2D eigenvalue weighted by Crippen LogP contribution is -1.87. The molecule has 1 aliphatic carbocycles. The van der Waals surface area contributed by atoms with Crippen LogP contribution in [0.25, 0.3) is 11.6 Å². The van der Waals surface area contributed by atoms with E-state index < -0.39 is 5.97 Å². The molecule has 0 radical (unpaired) electrons. The quantitative estimate of drug-likeness (QED) is 0.683. The van der Waals surface area contributed by atoms with Crippen molar-refractivity contribution in [1.82, 2.24) is 10.2 Å². The molecule has 3 rings (SSSR count). The average molecular weight is 313 g/mol. The normalized spacial score (nSPS) is 18.2. The molecule has 1 N–H and O–H groups in total. The zero-order valence-electron chi connectivity index (χ0n) is 12.6. The molecule has 0 spiro atoms. The maximum absolute atomic E-state index is 12.8. The fourth-order valence-electron chi connectivity index (χ4n) is 2.19. The summed E-state index contributed by atoms with van der Waals surface area (Å²) in [6.45, 7) is 0.247. The maximum Gasteiger partial charge on any atom is 0.231 e. The predicted molar refractivity (Wildman–Crippen MR) is 87.0 cm³/mol. The van der Waals surface area contributed by atoms with E-state index in [1.165, 1.54) is 13.1 Å². The summed E-state index contributed by atoms with van der Waals surface area (Å²) in [7, 11) is 1.40. The fourth-order valence-corrected chi connectivity index (χ4v) is 2.19. The van der Waals surface area contributed by atoms with E-state index in [-0.39, 0.29) is 6.79 Å². The van der Waals surface area contributed by atoms with Crippen molar-refractivity contribution in [1.29, 1.82) is 0 Å². The molecule has 0 aromatic carbocycles. The van der Waals surface area contributed by atoms with E-state index in [0.29, 0.717) is 0 Å². The lowest BCUT2D eigenvalue weighted by Gasteiger charge is -2.00. The minimum Gasteiger partial charge on any atom is -0.454 e. The third-order valence-corrected chi connectivity index (χ3v) is 3.34. The zero-order chi connectivity index (χ0) is 16.1. The molecule has 2 aliphatic rings. The molecule has 0 saturated carbocycles. The number of nitrogens with zero attached hydrogens (tertiary/aromatic N) is 2. The largest absolute Gasteiger partial charge is 0.454 e. The molecule has 6 heteroatoms. The molecule has 1 aliphatic heterocycles. The van der Waals surface area contributed by atoms with Gasteiger partial charge >= 0.3 is 0 Å². The van der Waals surface area contributed by atoms with Crippen LogP contribution >= 0.6 is 0 Å². The Labute approximate surface area is 133 Å². The number of nitrogens with one attached hydrogen (secondary N) is 1. The summed E-state index contributed by atoms with van der Waals surface area (Å²) in [6, 6.07) is 1.93. The topological polar surface area (TPSA) is 59.5 Å². The molecule has 5 nitrogen and oxygen atoms in total. The lowest BCUT2D eigenvalue weighted by atomic mass is 10.1. The van der Waals surface area contributed by atoms with Crippen molar-refractivity contribution < 1.29 is 13.9 Å². The number of rotatable bonds is 4. The Morgan fingerprint density at radius 1 is 1.35 bits per heavy atom. The van der Waals surface area contributed by atoms with Crippen molar-refractivity contribution in [2.24, 2.45) is 4.99 Å². The van der Waals surface area contributed by atoms with Crippen molar-refractivity contribution in [3.63, 3.8) is 0 Å². The molecule has 0 unspecified atom stereocenters.